The van der Waals surface area contributed by atoms with Crippen LogP contribution in [-0.4, -0.2) is 59.9 Å². The van der Waals surface area contributed by atoms with Crippen LogP contribution >= 0.6 is 11.8 Å². The molecule has 0 bridgehead atoms. The third kappa shape index (κ3) is 6.19. The Balaban J connectivity index is 1.48. The van der Waals surface area contributed by atoms with Gasteiger partial charge in [-0.1, -0.05) is 42.1 Å². The molecule has 194 valence electrons. The Morgan fingerprint density at radius 1 is 0.947 bits per heavy atom. The second kappa shape index (κ2) is 12.5. The molecule has 1 aromatic heterocycles. The van der Waals surface area contributed by atoms with Crippen molar-refractivity contribution in [1.29, 1.82) is 0 Å². The van der Waals surface area contributed by atoms with Gasteiger partial charge in [0.1, 0.15) is 0 Å². The number of benzene rings is 3. The number of hydrogen-bond donors (Lipinski definition) is 1. The van der Waals surface area contributed by atoms with Gasteiger partial charge in [-0.15, -0.1) is 10.2 Å². The number of esters is 1. The summed E-state index contributed by atoms with van der Waals surface area (Å²) in [6, 6.07) is 21.8. The number of hydrazone groups is 1. The number of ether oxygens (including phenoxy) is 3. The van der Waals surface area contributed by atoms with Crippen LogP contribution in [0.2, 0.25) is 0 Å². The monoisotopic (exact) mass is 531 g/mol. The van der Waals surface area contributed by atoms with Gasteiger partial charge in [-0.05, 0) is 48.0 Å². The summed E-state index contributed by atoms with van der Waals surface area (Å²) >= 11 is 1.23. The van der Waals surface area contributed by atoms with Crippen molar-refractivity contribution in [1.82, 2.24) is 20.2 Å². The highest BCUT2D eigenvalue weighted by Gasteiger charge is 2.18. The molecule has 0 radical (unpaired) electrons. The van der Waals surface area contributed by atoms with Crippen molar-refractivity contribution in [3.8, 4) is 28.6 Å². The Morgan fingerprint density at radius 3 is 2.37 bits per heavy atom. The number of para-hydroxylation sites is 1. The summed E-state index contributed by atoms with van der Waals surface area (Å²) < 4.78 is 17.4. The molecule has 1 heterocycles. The molecule has 3 aromatic carbocycles. The maximum atomic E-state index is 12.5. The highest BCUT2D eigenvalue weighted by atomic mass is 32.2. The quantitative estimate of drug-likeness (QED) is 0.141. The summed E-state index contributed by atoms with van der Waals surface area (Å²) in [7, 11) is 4.47. The van der Waals surface area contributed by atoms with Crippen molar-refractivity contribution in [3.63, 3.8) is 0 Å². The number of nitrogens with zero attached hydrogens (tertiary/aromatic N) is 4. The fourth-order valence-corrected chi connectivity index (χ4v) is 4.24. The average molecular weight is 532 g/mol. The van der Waals surface area contributed by atoms with E-state index >= 15 is 0 Å². The fourth-order valence-electron chi connectivity index (χ4n) is 3.50. The van der Waals surface area contributed by atoms with E-state index in [1.54, 1.807) is 44.6 Å². The Bertz CT molecular complexity index is 1440. The van der Waals surface area contributed by atoms with Crippen molar-refractivity contribution in [2.45, 2.75) is 5.16 Å². The number of carbonyl (C=O) groups excluding carboxylic acids is 2. The summed E-state index contributed by atoms with van der Waals surface area (Å²) in [6.07, 6.45) is 1.49. The van der Waals surface area contributed by atoms with E-state index < -0.39 is 5.97 Å². The molecule has 4 rings (SSSR count). The third-order valence-corrected chi connectivity index (χ3v) is 6.29. The zero-order chi connectivity index (χ0) is 26.9. The second-order valence-corrected chi connectivity index (χ2v) is 8.68. The number of thioether (sulfide) groups is 1. The van der Waals surface area contributed by atoms with E-state index in [2.05, 4.69) is 25.5 Å². The van der Waals surface area contributed by atoms with Gasteiger partial charge in [0, 0.05) is 11.3 Å². The first-order valence-corrected chi connectivity index (χ1v) is 12.4. The normalized spacial score (nSPS) is 10.8. The van der Waals surface area contributed by atoms with Crippen LogP contribution in [0, 0.1) is 0 Å². The van der Waals surface area contributed by atoms with E-state index in [1.165, 1.54) is 25.1 Å². The second-order valence-electron chi connectivity index (χ2n) is 7.74. The molecule has 0 fully saturated rings. The van der Waals surface area contributed by atoms with Gasteiger partial charge < -0.3 is 14.2 Å². The molecule has 0 aliphatic carbocycles. The molecule has 0 aliphatic rings. The Morgan fingerprint density at radius 2 is 1.68 bits per heavy atom. The first kappa shape index (κ1) is 26.4. The summed E-state index contributed by atoms with van der Waals surface area (Å²) in [5.74, 6) is 1.10. The van der Waals surface area contributed by atoms with Crippen LogP contribution in [0.5, 0.6) is 11.5 Å². The number of rotatable bonds is 10. The molecule has 1 amide bonds. The zero-order valence-electron chi connectivity index (χ0n) is 21.0. The molecule has 0 unspecified atom stereocenters. The van der Waals surface area contributed by atoms with E-state index in [1.807, 2.05) is 47.0 Å². The minimum Gasteiger partial charge on any atom is -0.493 e. The molecule has 0 spiro atoms. The maximum Gasteiger partial charge on any atom is 0.337 e. The largest absolute Gasteiger partial charge is 0.493 e. The van der Waals surface area contributed by atoms with Crippen molar-refractivity contribution < 1.29 is 23.8 Å². The van der Waals surface area contributed by atoms with Crippen molar-refractivity contribution >= 4 is 29.9 Å². The molecule has 0 saturated heterocycles. The lowest BCUT2D eigenvalue weighted by Crippen LogP contribution is -2.20. The van der Waals surface area contributed by atoms with Crippen LogP contribution in [0.4, 0.5) is 0 Å². The number of carbonyl (C=O) groups is 2. The maximum absolute atomic E-state index is 12.5. The molecule has 0 saturated carbocycles. The van der Waals surface area contributed by atoms with E-state index in [0.717, 1.165) is 11.3 Å². The Hall–Kier alpha value is -4.64. The topological polar surface area (TPSA) is 117 Å². The van der Waals surface area contributed by atoms with Gasteiger partial charge in [-0.2, -0.15) is 5.10 Å². The van der Waals surface area contributed by atoms with Gasteiger partial charge >= 0.3 is 5.97 Å². The molecule has 11 heteroatoms. The third-order valence-electron chi connectivity index (χ3n) is 5.36. The van der Waals surface area contributed by atoms with Crippen LogP contribution in [0.1, 0.15) is 15.9 Å². The van der Waals surface area contributed by atoms with Gasteiger partial charge in [0.05, 0.1) is 38.9 Å². The highest BCUT2D eigenvalue weighted by Crippen LogP contribution is 2.34. The minimum absolute atomic E-state index is 0.0650. The fraction of sp³-hybridized carbons (Fsp3) is 0.148. The highest BCUT2D eigenvalue weighted by molar-refractivity contribution is 7.99. The molecular weight excluding hydrogens is 506 g/mol. The zero-order valence-corrected chi connectivity index (χ0v) is 21.8. The standard InChI is InChI=1S/C27H25N5O5S/c1-35-22-14-13-20(15-23(22)36-2)25-30-31-27(32(25)21-7-5-4-6-8-21)38-17-24(33)29-28-16-18-9-11-19(12-10-18)26(34)37-3/h4-16H,17H2,1-3H3,(H,29,33). The summed E-state index contributed by atoms with van der Waals surface area (Å²) in [5, 5.41) is 13.3. The van der Waals surface area contributed by atoms with E-state index in [9.17, 15) is 9.59 Å². The van der Waals surface area contributed by atoms with Crippen molar-refractivity contribution in [3.05, 3.63) is 83.9 Å². The predicted molar refractivity (Wildman–Crippen MR) is 144 cm³/mol. The molecule has 0 atom stereocenters. The molecule has 1 N–H and O–H groups in total. The van der Waals surface area contributed by atoms with Gasteiger partial charge in [0.15, 0.2) is 22.5 Å². The number of aromatic nitrogens is 3. The lowest BCUT2D eigenvalue weighted by molar-refractivity contribution is -0.118. The van der Waals surface area contributed by atoms with Crippen LogP contribution in [0.3, 0.4) is 0 Å². The van der Waals surface area contributed by atoms with Crippen LogP contribution in [0.25, 0.3) is 17.1 Å². The first-order chi connectivity index (χ1) is 18.5. The van der Waals surface area contributed by atoms with Gasteiger partial charge in [-0.3, -0.25) is 9.36 Å². The van der Waals surface area contributed by atoms with E-state index in [4.69, 9.17) is 9.47 Å². The van der Waals surface area contributed by atoms with Crippen molar-refractivity contribution in [2.75, 3.05) is 27.1 Å². The van der Waals surface area contributed by atoms with Gasteiger partial charge in [-0.25, -0.2) is 10.2 Å². The Labute approximate surface area is 223 Å². The smallest absolute Gasteiger partial charge is 0.337 e. The number of nitrogens with one attached hydrogen (secondary N) is 1. The number of methoxy groups -OCH3 is 3. The predicted octanol–water partition coefficient (Wildman–Crippen LogP) is 3.98. The Kier molecular flexibility index (Phi) is 8.73. The van der Waals surface area contributed by atoms with Gasteiger partial charge in [0.2, 0.25) is 0 Å². The summed E-state index contributed by atoms with van der Waals surface area (Å²) in [4.78, 5) is 24.0. The molecule has 10 nitrogen and oxygen atoms in total. The summed E-state index contributed by atoms with van der Waals surface area (Å²) in [6.45, 7) is 0. The lowest BCUT2D eigenvalue weighted by atomic mass is 10.1. The van der Waals surface area contributed by atoms with Gasteiger partial charge in [0.25, 0.3) is 5.91 Å². The van der Waals surface area contributed by atoms with Crippen LogP contribution < -0.4 is 14.9 Å². The average Bonchev–Trinajstić information content (AvgIpc) is 3.40. The van der Waals surface area contributed by atoms with E-state index in [0.29, 0.717) is 33.6 Å². The van der Waals surface area contributed by atoms with Crippen LogP contribution in [-0.2, 0) is 9.53 Å². The van der Waals surface area contributed by atoms with Crippen molar-refractivity contribution in [2.24, 2.45) is 5.10 Å². The van der Waals surface area contributed by atoms with Crippen LogP contribution in [0.15, 0.2) is 83.1 Å². The lowest BCUT2D eigenvalue weighted by Gasteiger charge is -2.12. The number of hydrogen-bond acceptors (Lipinski definition) is 9. The molecule has 4 aromatic rings. The molecule has 38 heavy (non-hydrogen) atoms. The minimum atomic E-state index is -0.420. The number of amides is 1. The van der Waals surface area contributed by atoms with E-state index in [-0.39, 0.29) is 11.7 Å². The SMILES string of the molecule is COC(=O)c1ccc(C=NNC(=O)CSc2nnc(-c3ccc(OC)c(OC)c3)n2-c2ccccc2)cc1. The summed E-state index contributed by atoms with van der Waals surface area (Å²) in [5.41, 5.74) is 5.27. The first-order valence-electron chi connectivity index (χ1n) is 11.4. The molecule has 0 aliphatic heterocycles. The molecular formula is C27H25N5O5S.